The van der Waals surface area contributed by atoms with Gasteiger partial charge in [0.25, 0.3) is 0 Å². The van der Waals surface area contributed by atoms with Crippen LogP contribution < -0.4 is 0 Å². The molecule has 0 N–H and O–H groups in total. The molecule has 0 aliphatic rings. The van der Waals surface area contributed by atoms with Crippen molar-refractivity contribution in [1.29, 1.82) is 0 Å². The zero-order valence-electron chi connectivity index (χ0n) is 10.9. The molecule has 0 saturated carbocycles. The van der Waals surface area contributed by atoms with Crippen molar-refractivity contribution in [3.05, 3.63) is 12.2 Å². The lowest BCUT2D eigenvalue weighted by Crippen LogP contribution is -2.21. The van der Waals surface area contributed by atoms with Crippen LogP contribution in [-0.4, -0.2) is 24.5 Å². The summed E-state index contributed by atoms with van der Waals surface area (Å²) in [6.07, 6.45) is 5.44. The first-order chi connectivity index (χ1) is 8.60. The third-order valence-corrected chi connectivity index (χ3v) is 2.07. The first-order valence-corrected chi connectivity index (χ1v) is 6.04. The summed E-state index contributed by atoms with van der Waals surface area (Å²) in [6.45, 7) is 3.30. The summed E-state index contributed by atoms with van der Waals surface area (Å²) in [5.74, 6) is -0.860. The van der Waals surface area contributed by atoms with Gasteiger partial charge in [-0.3, -0.25) is 9.59 Å². The van der Waals surface area contributed by atoms with Gasteiger partial charge in [-0.15, -0.1) is 0 Å². The smallest absolute Gasteiger partial charge is 0.312 e. The van der Waals surface area contributed by atoms with E-state index in [1.807, 2.05) is 0 Å². The minimum Gasteiger partial charge on any atom is -0.425 e. The molecule has 0 fully saturated rings. The van der Waals surface area contributed by atoms with E-state index in [-0.39, 0.29) is 12.8 Å². The van der Waals surface area contributed by atoms with Crippen LogP contribution in [0.1, 0.15) is 46.0 Å². The quantitative estimate of drug-likeness (QED) is 0.208. The molecule has 0 radical (unpaired) electrons. The lowest BCUT2D eigenvalue weighted by Gasteiger charge is -2.13. The normalized spacial score (nSPS) is 12.1. The van der Waals surface area contributed by atoms with Crippen LogP contribution in [0, 0.1) is 0 Å². The lowest BCUT2D eigenvalue weighted by molar-refractivity contribution is -0.183. The Labute approximate surface area is 107 Å². The number of rotatable bonds is 9. The van der Waals surface area contributed by atoms with E-state index >= 15 is 0 Å². The maximum absolute atomic E-state index is 11.3. The van der Waals surface area contributed by atoms with E-state index in [4.69, 9.17) is 9.47 Å². The Morgan fingerprint density at radius 1 is 1.17 bits per heavy atom. The lowest BCUT2D eigenvalue weighted by atomic mass is 10.2. The molecule has 0 aromatic heterocycles. The molecule has 0 aromatic rings. The third-order valence-electron chi connectivity index (χ3n) is 2.07. The monoisotopic (exact) mass is 256 g/mol. The largest absolute Gasteiger partial charge is 0.425 e. The van der Waals surface area contributed by atoms with Crippen molar-refractivity contribution in [3.63, 3.8) is 0 Å². The number of ether oxygens (including phenoxy) is 2. The van der Waals surface area contributed by atoms with Gasteiger partial charge in [-0.05, 0) is 19.8 Å². The van der Waals surface area contributed by atoms with Crippen LogP contribution in [0.15, 0.2) is 12.2 Å². The van der Waals surface area contributed by atoms with Gasteiger partial charge in [0.2, 0.25) is 6.29 Å². The van der Waals surface area contributed by atoms with Crippen molar-refractivity contribution in [2.75, 3.05) is 0 Å². The van der Waals surface area contributed by atoms with Gasteiger partial charge in [0.15, 0.2) is 0 Å². The van der Waals surface area contributed by atoms with Gasteiger partial charge in [0.1, 0.15) is 6.29 Å². The van der Waals surface area contributed by atoms with Gasteiger partial charge >= 0.3 is 11.9 Å². The minimum absolute atomic E-state index is 0.164. The number of hydrogen-bond acceptors (Lipinski definition) is 5. The molecule has 0 rings (SSSR count). The summed E-state index contributed by atoms with van der Waals surface area (Å²) < 4.78 is 9.75. The van der Waals surface area contributed by atoms with Crippen LogP contribution in [0.25, 0.3) is 0 Å². The Bertz CT molecular complexity index is 296. The van der Waals surface area contributed by atoms with E-state index in [1.54, 1.807) is 19.1 Å². The molecule has 0 amide bonds. The van der Waals surface area contributed by atoms with E-state index in [9.17, 15) is 14.4 Å². The molecule has 0 aliphatic heterocycles. The minimum atomic E-state index is -0.874. The standard InChI is InChI=1S/C13H20O5/c1-3-4-8-12(15)17-11(2)18-13(16)9-6-5-7-10-14/h3-4,10-11H,5-9H2,1-2H3/b4-3+. The third kappa shape index (κ3) is 9.57. The number of esters is 2. The maximum Gasteiger partial charge on any atom is 0.312 e. The van der Waals surface area contributed by atoms with E-state index in [2.05, 4.69) is 0 Å². The van der Waals surface area contributed by atoms with Gasteiger partial charge in [-0.25, -0.2) is 0 Å². The maximum atomic E-state index is 11.3. The highest BCUT2D eigenvalue weighted by molar-refractivity contribution is 5.72. The van der Waals surface area contributed by atoms with Gasteiger partial charge in [-0.1, -0.05) is 12.2 Å². The van der Waals surface area contributed by atoms with E-state index in [1.165, 1.54) is 6.92 Å². The van der Waals surface area contributed by atoms with Crippen LogP contribution in [0.3, 0.4) is 0 Å². The molecular formula is C13H20O5. The van der Waals surface area contributed by atoms with Gasteiger partial charge in [0.05, 0.1) is 6.42 Å². The summed E-state index contributed by atoms with van der Waals surface area (Å²) in [5.41, 5.74) is 0. The second-order valence-electron chi connectivity index (χ2n) is 3.73. The Hall–Kier alpha value is -1.65. The Kier molecular flexibility index (Phi) is 9.54. The molecule has 102 valence electrons. The predicted molar refractivity (Wildman–Crippen MR) is 65.6 cm³/mol. The fourth-order valence-corrected chi connectivity index (χ4v) is 1.21. The predicted octanol–water partition coefficient (Wildman–Crippen LogP) is 2.14. The number of carbonyl (C=O) groups is 3. The average Bonchev–Trinajstić information content (AvgIpc) is 2.31. The van der Waals surface area contributed by atoms with E-state index in [0.717, 1.165) is 6.29 Å². The molecule has 1 unspecified atom stereocenters. The molecule has 0 saturated heterocycles. The zero-order valence-corrected chi connectivity index (χ0v) is 10.9. The summed E-state index contributed by atoms with van der Waals surface area (Å²) in [4.78, 5) is 32.5. The number of allylic oxidation sites excluding steroid dienone is 1. The van der Waals surface area contributed by atoms with Crippen LogP contribution in [-0.2, 0) is 23.9 Å². The van der Waals surface area contributed by atoms with Gasteiger partial charge in [0, 0.05) is 19.8 Å². The highest BCUT2D eigenvalue weighted by Gasteiger charge is 2.12. The van der Waals surface area contributed by atoms with Crippen molar-refractivity contribution in [2.24, 2.45) is 0 Å². The van der Waals surface area contributed by atoms with Crippen LogP contribution in [0.2, 0.25) is 0 Å². The molecule has 0 bridgehead atoms. The van der Waals surface area contributed by atoms with E-state index < -0.39 is 18.2 Å². The van der Waals surface area contributed by atoms with Gasteiger partial charge in [-0.2, -0.15) is 0 Å². The number of hydrogen-bond donors (Lipinski definition) is 0. The second kappa shape index (κ2) is 10.5. The molecule has 0 aliphatic carbocycles. The summed E-state index contributed by atoms with van der Waals surface area (Å²) in [7, 11) is 0. The highest BCUT2D eigenvalue weighted by Crippen LogP contribution is 2.04. The fraction of sp³-hybridized carbons (Fsp3) is 0.615. The molecule has 5 nitrogen and oxygen atoms in total. The highest BCUT2D eigenvalue weighted by atomic mass is 16.7. The fourth-order valence-electron chi connectivity index (χ4n) is 1.21. The van der Waals surface area contributed by atoms with Crippen molar-refractivity contribution < 1.29 is 23.9 Å². The molecule has 5 heteroatoms. The SMILES string of the molecule is C/C=C/CC(=O)OC(C)OC(=O)CCCCC=O. The second-order valence-corrected chi connectivity index (χ2v) is 3.73. The summed E-state index contributed by atoms with van der Waals surface area (Å²) >= 11 is 0. The zero-order chi connectivity index (χ0) is 13.8. The van der Waals surface area contributed by atoms with E-state index in [0.29, 0.717) is 19.3 Å². The Balaban J connectivity index is 3.72. The summed E-state index contributed by atoms with van der Waals surface area (Å²) in [5, 5.41) is 0. The molecule has 0 aromatic carbocycles. The molecule has 0 spiro atoms. The topological polar surface area (TPSA) is 69.7 Å². The molecule has 0 heterocycles. The molecule has 1 atom stereocenters. The number of unbranched alkanes of at least 4 members (excludes halogenated alkanes) is 2. The first kappa shape index (κ1) is 16.4. The Morgan fingerprint density at radius 2 is 1.83 bits per heavy atom. The van der Waals surface area contributed by atoms with Crippen molar-refractivity contribution in [1.82, 2.24) is 0 Å². The van der Waals surface area contributed by atoms with Gasteiger partial charge < -0.3 is 14.3 Å². The van der Waals surface area contributed by atoms with Crippen LogP contribution in [0.4, 0.5) is 0 Å². The average molecular weight is 256 g/mol. The first-order valence-electron chi connectivity index (χ1n) is 6.04. The number of carbonyl (C=O) groups excluding carboxylic acids is 3. The molecule has 18 heavy (non-hydrogen) atoms. The van der Waals surface area contributed by atoms with Crippen molar-refractivity contribution in [2.45, 2.75) is 52.2 Å². The Morgan fingerprint density at radius 3 is 2.44 bits per heavy atom. The van der Waals surface area contributed by atoms with Crippen LogP contribution >= 0.6 is 0 Å². The van der Waals surface area contributed by atoms with Crippen molar-refractivity contribution in [3.8, 4) is 0 Å². The van der Waals surface area contributed by atoms with Crippen molar-refractivity contribution >= 4 is 18.2 Å². The molecular weight excluding hydrogens is 236 g/mol. The summed E-state index contributed by atoms with van der Waals surface area (Å²) in [6, 6.07) is 0. The van der Waals surface area contributed by atoms with Crippen LogP contribution in [0.5, 0.6) is 0 Å². The number of aldehydes is 1.